The molecular weight excluding hydrogens is 396 g/mol. The Kier molecular flexibility index (Phi) is 5.57. The van der Waals surface area contributed by atoms with Gasteiger partial charge in [0.15, 0.2) is 0 Å². The standard InChI is InChI=1S/C17H15ClN2O4S2/c1-11(20-26(22,23)13-6-4-5-12(18)9-13)17(21)24-10-16-19-14-7-2-3-8-15(14)25-16/h2-9,11,20H,10H2,1H3/t11-/m0/s1. The molecule has 0 aliphatic heterocycles. The average molecular weight is 411 g/mol. The maximum absolute atomic E-state index is 12.3. The second-order valence-corrected chi connectivity index (χ2v) is 8.75. The summed E-state index contributed by atoms with van der Waals surface area (Å²) in [6.07, 6.45) is 0. The number of nitrogens with one attached hydrogen (secondary N) is 1. The zero-order chi connectivity index (χ0) is 18.7. The van der Waals surface area contributed by atoms with Gasteiger partial charge in [-0.05, 0) is 37.3 Å². The fourth-order valence-corrected chi connectivity index (χ4v) is 4.60. The number of aromatic nitrogens is 1. The van der Waals surface area contributed by atoms with E-state index in [0.717, 1.165) is 10.2 Å². The van der Waals surface area contributed by atoms with Gasteiger partial charge in [-0.2, -0.15) is 4.72 Å². The molecule has 2 aromatic carbocycles. The third-order valence-corrected chi connectivity index (χ3v) is 6.25. The van der Waals surface area contributed by atoms with Gasteiger partial charge < -0.3 is 4.74 Å². The van der Waals surface area contributed by atoms with E-state index in [-0.39, 0.29) is 11.5 Å². The van der Waals surface area contributed by atoms with Crippen molar-refractivity contribution in [2.45, 2.75) is 24.5 Å². The molecule has 0 aliphatic rings. The second kappa shape index (κ2) is 7.71. The van der Waals surface area contributed by atoms with Crippen LogP contribution in [0, 0.1) is 0 Å². The Hall–Kier alpha value is -2.00. The molecule has 0 spiro atoms. The van der Waals surface area contributed by atoms with Gasteiger partial charge in [0.25, 0.3) is 0 Å². The minimum Gasteiger partial charge on any atom is -0.457 e. The molecule has 1 N–H and O–H groups in total. The molecule has 0 bridgehead atoms. The number of carbonyl (C=O) groups is 1. The van der Waals surface area contributed by atoms with Crippen molar-refractivity contribution < 1.29 is 17.9 Å². The maximum atomic E-state index is 12.3. The topological polar surface area (TPSA) is 85.4 Å². The molecule has 0 amide bonds. The molecule has 0 saturated heterocycles. The van der Waals surface area contributed by atoms with Crippen molar-refractivity contribution in [3.05, 3.63) is 58.6 Å². The van der Waals surface area contributed by atoms with E-state index in [2.05, 4.69) is 9.71 Å². The van der Waals surface area contributed by atoms with Crippen LogP contribution in [0.5, 0.6) is 0 Å². The van der Waals surface area contributed by atoms with E-state index < -0.39 is 22.0 Å². The molecule has 3 rings (SSSR count). The Balaban J connectivity index is 1.62. The highest BCUT2D eigenvalue weighted by atomic mass is 35.5. The fourth-order valence-electron chi connectivity index (χ4n) is 2.22. The molecule has 0 aliphatic carbocycles. The Morgan fingerprint density at radius 1 is 1.27 bits per heavy atom. The molecule has 1 aromatic heterocycles. The summed E-state index contributed by atoms with van der Waals surface area (Å²) in [5.74, 6) is -0.685. The second-order valence-electron chi connectivity index (χ2n) is 5.48. The summed E-state index contributed by atoms with van der Waals surface area (Å²) < 4.78 is 33.1. The van der Waals surface area contributed by atoms with Gasteiger partial charge in [-0.15, -0.1) is 11.3 Å². The molecule has 0 unspecified atom stereocenters. The molecule has 26 heavy (non-hydrogen) atoms. The molecule has 0 saturated carbocycles. The number of nitrogens with zero attached hydrogens (tertiary/aromatic N) is 1. The molecule has 6 nitrogen and oxygen atoms in total. The van der Waals surface area contributed by atoms with Crippen LogP contribution >= 0.6 is 22.9 Å². The highest BCUT2D eigenvalue weighted by Crippen LogP contribution is 2.22. The highest BCUT2D eigenvalue weighted by Gasteiger charge is 2.23. The van der Waals surface area contributed by atoms with E-state index in [1.165, 1.54) is 36.5 Å². The first-order valence-corrected chi connectivity index (χ1v) is 10.3. The van der Waals surface area contributed by atoms with Crippen molar-refractivity contribution in [2.75, 3.05) is 0 Å². The first-order valence-electron chi connectivity index (χ1n) is 7.64. The van der Waals surface area contributed by atoms with Crippen LogP contribution in [-0.4, -0.2) is 25.4 Å². The SMILES string of the molecule is C[C@H](NS(=O)(=O)c1cccc(Cl)c1)C(=O)OCc1nc2ccccc2s1. The molecule has 0 fully saturated rings. The lowest BCUT2D eigenvalue weighted by atomic mass is 10.3. The smallest absolute Gasteiger partial charge is 0.324 e. The van der Waals surface area contributed by atoms with Crippen molar-refractivity contribution in [1.29, 1.82) is 0 Å². The van der Waals surface area contributed by atoms with Crippen molar-refractivity contribution in [3.63, 3.8) is 0 Å². The van der Waals surface area contributed by atoms with Crippen LogP contribution in [0.15, 0.2) is 53.4 Å². The van der Waals surface area contributed by atoms with Gasteiger partial charge in [0.05, 0.1) is 15.1 Å². The van der Waals surface area contributed by atoms with E-state index >= 15 is 0 Å². The summed E-state index contributed by atoms with van der Waals surface area (Å²) in [7, 11) is -3.88. The molecular formula is C17H15ClN2O4S2. The van der Waals surface area contributed by atoms with E-state index in [0.29, 0.717) is 10.0 Å². The van der Waals surface area contributed by atoms with Gasteiger partial charge in [0.2, 0.25) is 10.0 Å². The van der Waals surface area contributed by atoms with Gasteiger partial charge in [-0.3, -0.25) is 4.79 Å². The summed E-state index contributed by atoms with van der Waals surface area (Å²) in [5.41, 5.74) is 0.832. The number of hydrogen-bond acceptors (Lipinski definition) is 6. The van der Waals surface area contributed by atoms with Crippen LogP contribution in [0.4, 0.5) is 0 Å². The number of para-hydroxylation sites is 1. The van der Waals surface area contributed by atoms with Gasteiger partial charge >= 0.3 is 5.97 Å². The van der Waals surface area contributed by atoms with Crippen LogP contribution in [0.25, 0.3) is 10.2 Å². The van der Waals surface area contributed by atoms with Crippen LogP contribution < -0.4 is 4.72 Å². The number of hydrogen-bond donors (Lipinski definition) is 1. The van der Waals surface area contributed by atoms with E-state index in [1.54, 1.807) is 6.07 Å². The maximum Gasteiger partial charge on any atom is 0.324 e. The van der Waals surface area contributed by atoms with E-state index in [9.17, 15) is 13.2 Å². The van der Waals surface area contributed by atoms with Crippen LogP contribution in [0.1, 0.15) is 11.9 Å². The van der Waals surface area contributed by atoms with Crippen molar-refractivity contribution in [3.8, 4) is 0 Å². The van der Waals surface area contributed by atoms with E-state index in [1.807, 2.05) is 24.3 Å². The number of fused-ring (bicyclic) bond motifs is 1. The van der Waals surface area contributed by atoms with Crippen molar-refractivity contribution >= 4 is 49.1 Å². The number of halogens is 1. The number of rotatable bonds is 6. The lowest BCUT2D eigenvalue weighted by molar-refractivity contribution is -0.146. The van der Waals surface area contributed by atoms with E-state index in [4.69, 9.17) is 16.3 Å². The number of sulfonamides is 1. The Morgan fingerprint density at radius 3 is 2.77 bits per heavy atom. The van der Waals surface area contributed by atoms with Gasteiger partial charge in [-0.25, -0.2) is 13.4 Å². The Morgan fingerprint density at radius 2 is 2.04 bits per heavy atom. The van der Waals surface area contributed by atoms with Crippen molar-refractivity contribution in [1.82, 2.24) is 9.71 Å². The minimum atomic E-state index is -3.88. The van der Waals surface area contributed by atoms with Gasteiger partial charge in [0, 0.05) is 5.02 Å². The Bertz CT molecular complexity index is 1020. The molecule has 3 aromatic rings. The normalized spacial score (nSPS) is 12.8. The third-order valence-electron chi connectivity index (χ3n) is 3.47. The summed E-state index contributed by atoms with van der Waals surface area (Å²) in [6.45, 7) is 1.41. The van der Waals surface area contributed by atoms with Crippen LogP contribution in [-0.2, 0) is 26.2 Å². The summed E-state index contributed by atoms with van der Waals surface area (Å²) in [6, 6.07) is 12.3. The molecule has 136 valence electrons. The number of thiazole rings is 1. The predicted octanol–water partition coefficient (Wildman–Crippen LogP) is 3.36. The molecule has 1 heterocycles. The number of carbonyl (C=O) groups excluding carboxylic acids is 1. The van der Waals surface area contributed by atoms with Gasteiger partial charge in [-0.1, -0.05) is 29.8 Å². The first-order chi connectivity index (χ1) is 12.3. The monoisotopic (exact) mass is 410 g/mol. The largest absolute Gasteiger partial charge is 0.457 e. The van der Waals surface area contributed by atoms with Crippen LogP contribution in [0.2, 0.25) is 5.02 Å². The number of esters is 1. The Labute approximate surface area is 159 Å². The lowest BCUT2D eigenvalue weighted by Gasteiger charge is -2.13. The van der Waals surface area contributed by atoms with Crippen LogP contribution in [0.3, 0.4) is 0 Å². The lowest BCUT2D eigenvalue weighted by Crippen LogP contribution is -2.39. The number of ether oxygens (including phenoxy) is 1. The predicted molar refractivity (Wildman–Crippen MR) is 101 cm³/mol. The number of benzene rings is 2. The highest BCUT2D eigenvalue weighted by molar-refractivity contribution is 7.89. The van der Waals surface area contributed by atoms with Crippen molar-refractivity contribution in [2.24, 2.45) is 0 Å². The molecule has 9 heteroatoms. The third kappa shape index (κ3) is 4.39. The zero-order valence-electron chi connectivity index (χ0n) is 13.7. The quantitative estimate of drug-likeness (QED) is 0.630. The van der Waals surface area contributed by atoms with Gasteiger partial charge in [0.1, 0.15) is 17.7 Å². The minimum absolute atomic E-state index is 0.0125. The summed E-state index contributed by atoms with van der Waals surface area (Å²) in [5, 5.41) is 0.934. The first kappa shape index (κ1) is 18.8. The summed E-state index contributed by atoms with van der Waals surface area (Å²) >= 11 is 7.23. The fraction of sp³-hybridized carbons (Fsp3) is 0.176. The molecule has 1 atom stereocenters. The zero-order valence-corrected chi connectivity index (χ0v) is 16.1. The summed E-state index contributed by atoms with van der Waals surface area (Å²) in [4.78, 5) is 16.5. The average Bonchev–Trinajstić information content (AvgIpc) is 3.02. The molecule has 0 radical (unpaired) electrons.